The lowest BCUT2D eigenvalue weighted by atomic mass is 9.96. The molecule has 5 heteroatoms. The summed E-state index contributed by atoms with van der Waals surface area (Å²) in [6.07, 6.45) is 4.49. The molecule has 2 bridgehead atoms. The van der Waals surface area contributed by atoms with Crippen molar-refractivity contribution in [3.63, 3.8) is 0 Å². The number of halogens is 3. The van der Waals surface area contributed by atoms with Gasteiger partial charge in [-0.3, -0.25) is 0 Å². The van der Waals surface area contributed by atoms with Gasteiger partial charge >= 0.3 is 0 Å². The molecule has 2 aliphatic rings. The maximum Gasteiger partial charge on any atom is 0.123 e. The van der Waals surface area contributed by atoms with Gasteiger partial charge in [0.2, 0.25) is 0 Å². The normalized spacial score (nSPS) is 26.0. The molecule has 1 unspecified atom stereocenters. The molecular formula is C22H26F2INO. The van der Waals surface area contributed by atoms with Crippen LogP contribution in [0.1, 0.15) is 42.9 Å². The van der Waals surface area contributed by atoms with E-state index in [1.54, 1.807) is 24.3 Å². The van der Waals surface area contributed by atoms with Crippen molar-refractivity contribution in [3.8, 4) is 0 Å². The van der Waals surface area contributed by atoms with Crippen molar-refractivity contribution in [2.75, 3.05) is 14.1 Å². The fraction of sp³-hybridized carbons (Fsp3) is 0.455. The molecule has 0 spiro atoms. The number of hydrogen-bond donors (Lipinski definition) is 0. The Bertz CT molecular complexity index is 701. The first-order valence-electron chi connectivity index (χ1n) is 9.43. The lowest BCUT2D eigenvalue weighted by Gasteiger charge is -2.44. The Morgan fingerprint density at radius 3 is 1.63 bits per heavy atom. The van der Waals surface area contributed by atoms with Crippen LogP contribution in [0.5, 0.6) is 0 Å². The van der Waals surface area contributed by atoms with E-state index in [2.05, 4.69) is 14.1 Å². The molecule has 0 aromatic heterocycles. The van der Waals surface area contributed by atoms with E-state index in [1.165, 1.54) is 37.1 Å². The van der Waals surface area contributed by atoms with E-state index in [-0.39, 0.29) is 47.8 Å². The van der Waals surface area contributed by atoms with Gasteiger partial charge in [0.05, 0.1) is 32.3 Å². The van der Waals surface area contributed by atoms with Crippen LogP contribution in [0, 0.1) is 11.6 Å². The SMILES string of the molecule is C[N+]1(C)[C@@H]2CC[C@H]1CC(OC(c1ccc(F)cc1)c1ccc(F)cc1)C2.[I-]. The third-order valence-electron chi connectivity index (χ3n) is 6.46. The minimum atomic E-state index is -0.297. The van der Waals surface area contributed by atoms with Gasteiger partial charge in [-0.2, -0.15) is 0 Å². The molecule has 2 fully saturated rings. The molecule has 0 N–H and O–H groups in total. The molecule has 2 aliphatic heterocycles. The number of nitrogens with zero attached hydrogens (tertiary/aromatic N) is 1. The van der Waals surface area contributed by atoms with E-state index in [4.69, 9.17) is 4.74 Å². The fourth-order valence-electron chi connectivity index (χ4n) is 4.76. The first-order chi connectivity index (χ1) is 12.4. The van der Waals surface area contributed by atoms with E-state index >= 15 is 0 Å². The van der Waals surface area contributed by atoms with E-state index < -0.39 is 0 Å². The van der Waals surface area contributed by atoms with Crippen LogP contribution < -0.4 is 24.0 Å². The van der Waals surface area contributed by atoms with E-state index in [0.717, 1.165) is 28.5 Å². The maximum absolute atomic E-state index is 13.4. The van der Waals surface area contributed by atoms with Crippen LogP contribution in [0.25, 0.3) is 0 Å². The highest BCUT2D eigenvalue weighted by atomic mass is 127. The minimum Gasteiger partial charge on any atom is -1.00 e. The van der Waals surface area contributed by atoms with Gasteiger partial charge in [0.25, 0.3) is 0 Å². The molecule has 0 amide bonds. The number of benzene rings is 2. The Morgan fingerprint density at radius 2 is 1.22 bits per heavy atom. The van der Waals surface area contributed by atoms with Gasteiger partial charge in [0.1, 0.15) is 17.7 Å². The molecule has 0 radical (unpaired) electrons. The van der Waals surface area contributed by atoms with Gasteiger partial charge < -0.3 is 33.2 Å². The average Bonchev–Trinajstić information content (AvgIpc) is 2.78. The molecule has 2 heterocycles. The molecular weight excluding hydrogens is 459 g/mol. The summed E-state index contributed by atoms with van der Waals surface area (Å²) >= 11 is 0. The molecule has 2 nitrogen and oxygen atoms in total. The van der Waals surface area contributed by atoms with Gasteiger partial charge in [-0.05, 0) is 35.4 Å². The zero-order chi connectivity index (χ0) is 18.3. The van der Waals surface area contributed by atoms with Crippen molar-refractivity contribution in [1.29, 1.82) is 0 Å². The van der Waals surface area contributed by atoms with Crippen molar-refractivity contribution in [2.24, 2.45) is 0 Å². The fourth-order valence-corrected chi connectivity index (χ4v) is 4.76. The number of rotatable bonds is 4. The van der Waals surface area contributed by atoms with Crippen molar-refractivity contribution in [3.05, 3.63) is 71.3 Å². The second-order valence-electron chi connectivity index (χ2n) is 8.23. The Labute approximate surface area is 177 Å². The van der Waals surface area contributed by atoms with Gasteiger partial charge in [0.15, 0.2) is 0 Å². The number of hydrogen-bond acceptors (Lipinski definition) is 1. The van der Waals surface area contributed by atoms with E-state index in [9.17, 15) is 8.78 Å². The summed E-state index contributed by atoms with van der Waals surface area (Å²) < 4.78 is 34.4. The zero-order valence-corrected chi connectivity index (χ0v) is 17.9. The van der Waals surface area contributed by atoms with E-state index in [1.807, 2.05) is 0 Å². The molecule has 0 aliphatic carbocycles. The highest BCUT2D eigenvalue weighted by molar-refractivity contribution is 5.30. The summed E-state index contributed by atoms with van der Waals surface area (Å²) in [5.74, 6) is -0.525. The van der Waals surface area contributed by atoms with Crippen LogP contribution in [0.3, 0.4) is 0 Å². The summed E-state index contributed by atoms with van der Waals surface area (Å²) in [7, 11) is 4.66. The quantitative estimate of drug-likeness (QED) is 0.475. The summed E-state index contributed by atoms with van der Waals surface area (Å²) in [4.78, 5) is 0. The van der Waals surface area contributed by atoms with Gasteiger partial charge in [-0.1, -0.05) is 24.3 Å². The molecule has 4 rings (SSSR count). The predicted molar refractivity (Wildman–Crippen MR) is 97.7 cm³/mol. The van der Waals surface area contributed by atoms with Crippen LogP contribution in [-0.4, -0.2) is 36.8 Å². The van der Waals surface area contributed by atoms with Crippen molar-refractivity contribution in [1.82, 2.24) is 0 Å². The molecule has 2 aromatic rings. The highest BCUT2D eigenvalue weighted by Crippen LogP contribution is 2.42. The van der Waals surface area contributed by atoms with Crippen molar-refractivity contribution in [2.45, 2.75) is 50.0 Å². The molecule has 2 aromatic carbocycles. The van der Waals surface area contributed by atoms with Crippen LogP contribution in [0.15, 0.2) is 48.5 Å². The number of piperidine rings is 1. The lowest BCUT2D eigenvalue weighted by molar-refractivity contribution is -0.931. The second kappa shape index (κ2) is 8.13. The van der Waals surface area contributed by atoms with Gasteiger partial charge in [-0.15, -0.1) is 0 Å². The first-order valence-corrected chi connectivity index (χ1v) is 9.43. The third kappa shape index (κ3) is 4.20. The average molecular weight is 485 g/mol. The van der Waals surface area contributed by atoms with Crippen LogP contribution in [0.4, 0.5) is 8.78 Å². The molecule has 2 saturated heterocycles. The van der Waals surface area contributed by atoms with Crippen molar-refractivity contribution >= 4 is 0 Å². The molecule has 146 valence electrons. The number of fused-ring (bicyclic) bond motifs is 2. The number of quaternary nitrogens is 1. The lowest BCUT2D eigenvalue weighted by Crippen LogP contribution is -3.00. The molecule has 0 saturated carbocycles. The molecule has 3 atom stereocenters. The zero-order valence-electron chi connectivity index (χ0n) is 15.7. The highest BCUT2D eigenvalue weighted by Gasteiger charge is 2.49. The Morgan fingerprint density at radius 1 is 0.815 bits per heavy atom. The van der Waals surface area contributed by atoms with Crippen molar-refractivity contribution < 1.29 is 42.0 Å². The Balaban J connectivity index is 0.00000210. The van der Waals surface area contributed by atoms with Gasteiger partial charge in [-0.25, -0.2) is 8.78 Å². The third-order valence-corrected chi connectivity index (χ3v) is 6.46. The topological polar surface area (TPSA) is 9.23 Å². The summed E-state index contributed by atoms with van der Waals surface area (Å²) in [6, 6.07) is 14.2. The minimum absolute atomic E-state index is 0. The Hall–Kier alpha value is -1.05. The Kier molecular flexibility index (Phi) is 6.23. The summed E-state index contributed by atoms with van der Waals surface area (Å²) in [6.45, 7) is 0. The predicted octanol–water partition coefficient (Wildman–Crippen LogP) is 1.84. The standard InChI is InChI=1S/C22H26F2NO.HI/c1-25(2)19-11-12-20(25)14-21(13-19)26-22(15-3-7-17(23)8-4-15)16-5-9-18(24)10-6-16;/h3-10,19-22H,11-14H2,1-2H3;1H/q+1;/p-1/t19-,20+,21?;. The van der Waals surface area contributed by atoms with Crippen LogP contribution in [-0.2, 0) is 4.74 Å². The van der Waals surface area contributed by atoms with Gasteiger partial charge in [0, 0.05) is 25.7 Å². The largest absolute Gasteiger partial charge is 1.00 e. The van der Waals surface area contributed by atoms with Crippen LogP contribution >= 0.6 is 0 Å². The summed E-state index contributed by atoms with van der Waals surface area (Å²) in [5, 5.41) is 0. The second-order valence-corrected chi connectivity index (χ2v) is 8.23. The first kappa shape index (κ1) is 20.7. The van der Waals surface area contributed by atoms with E-state index in [0.29, 0.717) is 12.1 Å². The summed E-state index contributed by atoms with van der Waals surface area (Å²) in [5.41, 5.74) is 1.81. The molecule has 27 heavy (non-hydrogen) atoms. The smallest absolute Gasteiger partial charge is 0.123 e. The number of ether oxygens (including phenoxy) is 1. The monoisotopic (exact) mass is 485 g/mol. The van der Waals surface area contributed by atoms with Crippen LogP contribution in [0.2, 0.25) is 0 Å². The maximum atomic E-state index is 13.4.